The molecule has 0 spiro atoms. The van der Waals surface area contributed by atoms with E-state index in [1.165, 1.54) is 4.90 Å². The van der Waals surface area contributed by atoms with E-state index < -0.39 is 0 Å². The van der Waals surface area contributed by atoms with Crippen molar-refractivity contribution >= 4 is 17.4 Å². The Bertz CT molecular complexity index is 691. The fourth-order valence-electron chi connectivity index (χ4n) is 3.27. The zero-order chi connectivity index (χ0) is 17.3. The molecule has 0 aromatic heterocycles. The first-order chi connectivity index (χ1) is 11.6. The average molecular weight is 329 g/mol. The first-order valence-electron chi connectivity index (χ1n) is 8.25. The molecule has 2 aliphatic heterocycles. The Hall–Kier alpha value is -2.34. The second-order valence-electron chi connectivity index (χ2n) is 6.07. The standard InChI is InChI=1S/C18H23N3O3/c1-4-21-17(22)15(13-7-5-6-8-14(13)24-3)16(18(21)23)20-11-9-19(2)10-12-20/h5-8H,4,9-12H2,1-3H3. The zero-order valence-electron chi connectivity index (χ0n) is 14.4. The number of imide groups is 1. The Balaban J connectivity index is 2.11. The van der Waals surface area contributed by atoms with Crippen molar-refractivity contribution in [3.05, 3.63) is 35.5 Å². The van der Waals surface area contributed by atoms with Crippen LogP contribution in [0.5, 0.6) is 5.75 Å². The first-order valence-corrected chi connectivity index (χ1v) is 8.25. The molecule has 1 aromatic carbocycles. The number of amides is 2. The van der Waals surface area contributed by atoms with Crippen LogP contribution in [0.2, 0.25) is 0 Å². The van der Waals surface area contributed by atoms with Crippen molar-refractivity contribution in [2.45, 2.75) is 6.92 Å². The van der Waals surface area contributed by atoms with Crippen LogP contribution in [-0.4, -0.2) is 73.4 Å². The van der Waals surface area contributed by atoms with Crippen LogP contribution in [0.15, 0.2) is 30.0 Å². The van der Waals surface area contributed by atoms with Gasteiger partial charge in [0.15, 0.2) is 0 Å². The maximum atomic E-state index is 12.9. The van der Waals surface area contributed by atoms with Crippen molar-refractivity contribution in [3.8, 4) is 5.75 Å². The molecule has 0 radical (unpaired) electrons. The summed E-state index contributed by atoms with van der Waals surface area (Å²) >= 11 is 0. The van der Waals surface area contributed by atoms with Gasteiger partial charge in [0.2, 0.25) is 0 Å². The normalized spacial score (nSPS) is 19.5. The van der Waals surface area contributed by atoms with E-state index in [1.54, 1.807) is 7.11 Å². The summed E-state index contributed by atoms with van der Waals surface area (Å²) in [7, 11) is 3.64. The number of piperazine rings is 1. The fraction of sp³-hybridized carbons (Fsp3) is 0.444. The number of carbonyl (C=O) groups excluding carboxylic acids is 2. The van der Waals surface area contributed by atoms with Crippen LogP contribution in [0.4, 0.5) is 0 Å². The molecule has 2 aliphatic rings. The lowest BCUT2D eigenvalue weighted by Gasteiger charge is -2.34. The van der Waals surface area contributed by atoms with Crippen LogP contribution in [0.1, 0.15) is 12.5 Å². The Kier molecular flexibility index (Phi) is 4.57. The molecule has 6 heteroatoms. The molecule has 6 nitrogen and oxygen atoms in total. The van der Waals surface area contributed by atoms with Crippen LogP contribution >= 0.6 is 0 Å². The highest BCUT2D eigenvalue weighted by atomic mass is 16.5. The monoisotopic (exact) mass is 329 g/mol. The number of benzene rings is 1. The third-order valence-electron chi connectivity index (χ3n) is 4.66. The minimum atomic E-state index is -0.235. The molecule has 1 saturated heterocycles. The Morgan fingerprint density at radius 2 is 1.71 bits per heavy atom. The van der Waals surface area contributed by atoms with Crippen LogP contribution in [0.25, 0.3) is 5.57 Å². The molecule has 1 fully saturated rings. The molecule has 0 unspecified atom stereocenters. The molecule has 0 atom stereocenters. The van der Waals surface area contributed by atoms with E-state index >= 15 is 0 Å². The van der Waals surface area contributed by atoms with Crippen molar-refractivity contribution in [1.82, 2.24) is 14.7 Å². The topological polar surface area (TPSA) is 53.1 Å². The van der Waals surface area contributed by atoms with E-state index in [2.05, 4.69) is 11.9 Å². The molecule has 0 saturated carbocycles. The van der Waals surface area contributed by atoms with Crippen molar-refractivity contribution < 1.29 is 14.3 Å². The highest BCUT2D eigenvalue weighted by Crippen LogP contribution is 2.36. The Morgan fingerprint density at radius 1 is 1.04 bits per heavy atom. The molecule has 2 heterocycles. The molecule has 1 aromatic rings. The van der Waals surface area contributed by atoms with Crippen molar-refractivity contribution in [1.29, 1.82) is 0 Å². The molecule has 3 rings (SSSR count). The van der Waals surface area contributed by atoms with Gasteiger partial charge in [-0.15, -0.1) is 0 Å². The number of methoxy groups -OCH3 is 1. The average Bonchev–Trinajstić information content (AvgIpc) is 2.85. The lowest BCUT2D eigenvalue weighted by molar-refractivity contribution is -0.137. The number of carbonyl (C=O) groups is 2. The van der Waals surface area contributed by atoms with Gasteiger partial charge in [-0.25, -0.2) is 0 Å². The molecule has 24 heavy (non-hydrogen) atoms. The van der Waals surface area contributed by atoms with E-state index in [0.717, 1.165) is 26.2 Å². The van der Waals surface area contributed by atoms with Crippen LogP contribution in [-0.2, 0) is 9.59 Å². The number of hydrogen-bond donors (Lipinski definition) is 0. The quantitative estimate of drug-likeness (QED) is 0.773. The lowest BCUT2D eigenvalue weighted by atomic mass is 10.0. The van der Waals surface area contributed by atoms with E-state index in [0.29, 0.717) is 29.1 Å². The number of rotatable bonds is 4. The smallest absolute Gasteiger partial charge is 0.277 e. The fourth-order valence-corrected chi connectivity index (χ4v) is 3.27. The van der Waals surface area contributed by atoms with Gasteiger partial charge in [-0.3, -0.25) is 14.5 Å². The van der Waals surface area contributed by atoms with Gasteiger partial charge in [0.1, 0.15) is 11.4 Å². The summed E-state index contributed by atoms with van der Waals surface area (Å²) in [5.41, 5.74) is 1.66. The van der Waals surface area contributed by atoms with Crippen molar-refractivity contribution in [2.24, 2.45) is 0 Å². The second kappa shape index (κ2) is 6.65. The lowest BCUT2D eigenvalue weighted by Crippen LogP contribution is -2.46. The third-order valence-corrected chi connectivity index (χ3v) is 4.66. The summed E-state index contributed by atoms with van der Waals surface area (Å²) in [4.78, 5) is 31.3. The number of likely N-dealkylation sites (N-methyl/N-ethyl adjacent to an activating group) is 2. The SMILES string of the molecule is CCN1C(=O)C(c2ccccc2OC)=C(N2CCN(C)CC2)C1=O. The van der Waals surface area contributed by atoms with Gasteiger partial charge in [0.25, 0.3) is 11.8 Å². The number of hydrogen-bond acceptors (Lipinski definition) is 5. The van der Waals surface area contributed by atoms with Crippen LogP contribution < -0.4 is 4.74 Å². The van der Waals surface area contributed by atoms with E-state index in [-0.39, 0.29) is 11.8 Å². The highest BCUT2D eigenvalue weighted by molar-refractivity contribution is 6.36. The predicted octanol–water partition coefficient (Wildman–Crippen LogP) is 1.04. The maximum Gasteiger partial charge on any atom is 0.277 e. The van der Waals surface area contributed by atoms with Crippen LogP contribution in [0, 0.1) is 0 Å². The summed E-state index contributed by atoms with van der Waals surface area (Å²) in [6, 6.07) is 7.38. The molecule has 2 amide bonds. The molecule has 0 bridgehead atoms. The minimum absolute atomic E-state index is 0.201. The molecule has 128 valence electrons. The van der Waals surface area contributed by atoms with E-state index in [1.807, 2.05) is 36.1 Å². The van der Waals surface area contributed by atoms with Gasteiger partial charge in [-0.2, -0.15) is 0 Å². The molecular formula is C18H23N3O3. The summed E-state index contributed by atoms with van der Waals surface area (Å²) < 4.78 is 5.42. The Labute approximate surface area is 142 Å². The Morgan fingerprint density at radius 3 is 2.33 bits per heavy atom. The largest absolute Gasteiger partial charge is 0.496 e. The second-order valence-corrected chi connectivity index (χ2v) is 6.07. The van der Waals surface area contributed by atoms with Gasteiger partial charge in [-0.05, 0) is 20.0 Å². The van der Waals surface area contributed by atoms with E-state index in [9.17, 15) is 9.59 Å². The van der Waals surface area contributed by atoms with Crippen molar-refractivity contribution in [3.63, 3.8) is 0 Å². The molecule has 0 N–H and O–H groups in total. The molecular weight excluding hydrogens is 306 g/mol. The minimum Gasteiger partial charge on any atom is -0.496 e. The number of ether oxygens (including phenoxy) is 1. The van der Waals surface area contributed by atoms with Crippen molar-refractivity contribution in [2.75, 3.05) is 46.9 Å². The summed E-state index contributed by atoms with van der Waals surface area (Å²) in [5, 5.41) is 0. The predicted molar refractivity (Wildman–Crippen MR) is 91.4 cm³/mol. The van der Waals surface area contributed by atoms with Gasteiger partial charge in [-0.1, -0.05) is 18.2 Å². The van der Waals surface area contributed by atoms with Gasteiger partial charge in [0, 0.05) is 38.3 Å². The van der Waals surface area contributed by atoms with Gasteiger partial charge >= 0.3 is 0 Å². The summed E-state index contributed by atoms with van der Waals surface area (Å²) in [6.45, 7) is 5.41. The summed E-state index contributed by atoms with van der Waals surface area (Å²) in [5.74, 6) is 0.173. The zero-order valence-corrected chi connectivity index (χ0v) is 14.4. The number of nitrogens with zero attached hydrogens (tertiary/aromatic N) is 3. The van der Waals surface area contributed by atoms with Gasteiger partial charge < -0.3 is 14.5 Å². The third kappa shape index (κ3) is 2.67. The summed E-state index contributed by atoms with van der Waals surface area (Å²) in [6.07, 6.45) is 0. The highest BCUT2D eigenvalue weighted by Gasteiger charge is 2.42. The van der Waals surface area contributed by atoms with Gasteiger partial charge in [0.05, 0.1) is 12.7 Å². The number of para-hydroxylation sites is 1. The van der Waals surface area contributed by atoms with Crippen LogP contribution in [0.3, 0.4) is 0 Å². The molecule has 0 aliphatic carbocycles. The maximum absolute atomic E-state index is 12.9. The van der Waals surface area contributed by atoms with E-state index in [4.69, 9.17) is 4.74 Å². The first kappa shape index (κ1) is 16.5.